The summed E-state index contributed by atoms with van der Waals surface area (Å²) in [5.41, 5.74) is 6.86. The number of likely N-dealkylation sites (tertiary alicyclic amines) is 1. The lowest BCUT2D eigenvalue weighted by atomic mass is 10.1. The van der Waals surface area contributed by atoms with Gasteiger partial charge >= 0.3 is 0 Å². The van der Waals surface area contributed by atoms with Crippen molar-refractivity contribution in [2.75, 3.05) is 13.1 Å². The molecule has 18 heavy (non-hydrogen) atoms. The minimum Gasteiger partial charge on any atom is -0.327 e. The average molecular weight is 270 g/mol. The van der Waals surface area contributed by atoms with E-state index in [9.17, 15) is 10.1 Å². The largest absolute Gasteiger partial charge is 0.327 e. The van der Waals surface area contributed by atoms with Crippen molar-refractivity contribution in [2.24, 2.45) is 5.73 Å². The van der Waals surface area contributed by atoms with E-state index in [-0.39, 0.29) is 11.7 Å². The fraction of sp³-hybridized carbons (Fsp3) is 0.500. The smallest absolute Gasteiger partial charge is 0.270 e. The Morgan fingerprint density at radius 3 is 2.94 bits per heavy atom. The van der Waals surface area contributed by atoms with Gasteiger partial charge in [0.25, 0.3) is 5.69 Å². The molecule has 0 radical (unpaired) electrons. The third-order valence-electron chi connectivity index (χ3n) is 3.18. The first-order valence-electron chi connectivity index (χ1n) is 5.97. The number of nitro groups is 1. The number of nitrogens with two attached hydrogens (primary N) is 1. The quantitative estimate of drug-likeness (QED) is 0.674. The number of non-ortho nitro benzene ring substituents is 1. The molecule has 0 spiro atoms. The third kappa shape index (κ3) is 3.19. The zero-order chi connectivity index (χ0) is 13.1. The van der Waals surface area contributed by atoms with Gasteiger partial charge in [0.2, 0.25) is 0 Å². The molecule has 2 rings (SSSR count). The maximum absolute atomic E-state index is 10.6. The van der Waals surface area contributed by atoms with Gasteiger partial charge in [-0.3, -0.25) is 15.0 Å². The summed E-state index contributed by atoms with van der Waals surface area (Å²) in [7, 11) is 0. The number of benzene rings is 1. The van der Waals surface area contributed by atoms with E-state index in [1.807, 2.05) is 0 Å². The Kier molecular flexibility index (Phi) is 4.16. The summed E-state index contributed by atoms with van der Waals surface area (Å²) in [5, 5.41) is 11.1. The molecule has 1 aliphatic rings. The molecule has 1 fully saturated rings. The molecular formula is C12H16ClN3O2. The number of nitro benzene ring substituents is 1. The second-order valence-electron chi connectivity index (χ2n) is 4.67. The second kappa shape index (κ2) is 5.65. The van der Waals surface area contributed by atoms with Crippen LogP contribution >= 0.6 is 11.6 Å². The molecule has 1 aliphatic heterocycles. The number of nitrogens with zero attached hydrogens (tertiary/aromatic N) is 2. The topological polar surface area (TPSA) is 72.4 Å². The maximum Gasteiger partial charge on any atom is 0.270 e. The number of piperidine rings is 1. The Labute approximate surface area is 111 Å². The molecule has 1 heterocycles. The molecule has 1 aromatic rings. The van der Waals surface area contributed by atoms with Crippen LogP contribution in [0.4, 0.5) is 5.69 Å². The van der Waals surface area contributed by atoms with Gasteiger partial charge in [0.15, 0.2) is 0 Å². The summed E-state index contributed by atoms with van der Waals surface area (Å²) in [6, 6.07) is 4.84. The standard InChI is InChI=1S/C12H16ClN3O2/c13-12-6-11(16(17)18)4-3-9(12)7-15-5-1-2-10(14)8-15/h3-4,6,10H,1-2,5,7-8,14H2. The molecule has 2 N–H and O–H groups in total. The van der Waals surface area contributed by atoms with E-state index in [4.69, 9.17) is 17.3 Å². The van der Waals surface area contributed by atoms with Crippen LogP contribution in [0, 0.1) is 10.1 Å². The van der Waals surface area contributed by atoms with Gasteiger partial charge in [-0.15, -0.1) is 0 Å². The Hall–Kier alpha value is -1.17. The van der Waals surface area contributed by atoms with Crippen molar-refractivity contribution in [3.05, 3.63) is 38.9 Å². The van der Waals surface area contributed by atoms with E-state index in [2.05, 4.69) is 4.90 Å². The van der Waals surface area contributed by atoms with Crippen molar-refractivity contribution in [3.63, 3.8) is 0 Å². The highest BCUT2D eigenvalue weighted by Gasteiger charge is 2.18. The fourth-order valence-corrected chi connectivity index (χ4v) is 2.49. The molecule has 1 unspecified atom stereocenters. The Morgan fingerprint density at radius 2 is 2.33 bits per heavy atom. The van der Waals surface area contributed by atoms with Gasteiger partial charge in [-0.1, -0.05) is 11.6 Å². The third-order valence-corrected chi connectivity index (χ3v) is 3.54. The van der Waals surface area contributed by atoms with Crippen LogP contribution in [0.3, 0.4) is 0 Å². The Bertz CT molecular complexity index is 453. The van der Waals surface area contributed by atoms with Gasteiger partial charge in [-0.05, 0) is 31.0 Å². The highest BCUT2D eigenvalue weighted by Crippen LogP contribution is 2.24. The lowest BCUT2D eigenvalue weighted by Crippen LogP contribution is -2.42. The zero-order valence-corrected chi connectivity index (χ0v) is 10.8. The second-order valence-corrected chi connectivity index (χ2v) is 5.08. The molecule has 1 saturated heterocycles. The van der Waals surface area contributed by atoms with Crippen molar-refractivity contribution < 1.29 is 4.92 Å². The van der Waals surface area contributed by atoms with E-state index < -0.39 is 4.92 Å². The van der Waals surface area contributed by atoms with E-state index >= 15 is 0 Å². The van der Waals surface area contributed by atoms with Crippen LogP contribution in [0.25, 0.3) is 0 Å². The van der Waals surface area contributed by atoms with Crippen molar-refractivity contribution in [1.82, 2.24) is 4.90 Å². The van der Waals surface area contributed by atoms with Crippen molar-refractivity contribution in [2.45, 2.75) is 25.4 Å². The molecule has 6 heteroatoms. The first-order chi connectivity index (χ1) is 8.56. The summed E-state index contributed by atoms with van der Waals surface area (Å²) < 4.78 is 0. The minimum absolute atomic E-state index is 0.0269. The molecule has 0 amide bonds. The predicted octanol–water partition coefficient (Wildman–Crippen LogP) is 2.17. The normalized spacial score (nSPS) is 20.9. The number of hydrogen-bond donors (Lipinski definition) is 1. The molecular weight excluding hydrogens is 254 g/mol. The Morgan fingerprint density at radius 1 is 1.56 bits per heavy atom. The van der Waals surface area contributed by atoms with Gasteiger partial charge in [0.1, 0.15) is 0 Å². The average Bonchev–Trinajstić information content (AvgIpc) is 2.31. The van der Waals surface area contributed by atoms with Gasteiger partial charge < -0.3 is 5.73 Å². The highest BCUT2D eigenvalue weighted by molar-refractivity contribution is 6.31. The summed E-state index contributed by atoms with van der Waals surface area (Å²) in [6.07, 6.45) is 2.15. The molecule has 98 valence electrons. The van der Waals surface area contributed by atoms with Gasteiger partial charge in [-0.25, -0.2) is 0 Å². The van der Waals surface area contributed by atoms with E-state index in [0.717, 1.165) is 31.5 Å². The van der Waals surface area contributed by atoms with Crippen LogP contribution in [0.1, 0.15) is 18.4 Å². The van der Waals surface area contributed by atoms with E-state index in [1.165, 1.54) is 12.1 Å². The Balaban J connectivity index is 2.07. The number of hydrogen-bond acceptors (Lipinski definition) is 4. The number of halogens is 1. The van der Waals surface area contributed by atoms with Crippen molar-refractivity contribution in [1.29, 1.82) is 0 Å². The maximum atomic E-state index is 10.6. The van der Waals surface area contributed by atoms with E-state index in [1.54, 1.807) is 6.07 Å². The lowest BCUT2D eigenvalue weighted by molar-refractivity contribution is -0.384. The van der Waals surface area contributed by atoms with Crippen LogP contribution in [0.2, 0.25) is 5.02 Å². The van der Waals surface area contributed by atoms with Crippen LogP contribution in [0.5, 0.6) is 0 Å². The molecule has 1 aromatic carbocycles. The molecule has 5 nitrogen and oxygen atoms in total. The van der Waals surface area contributed by atoms with Crippen LogP contribution in [-0.4, -0.2) is 29.0 Å². The summed E-state index contributed by atoms with van der Waals surface area (Å²) in [4.78, 5) is 12.4. The molecule has 1 atom stereocenters. The summed E-state index contributed by atoms with van der Waals surface area (Å²) in [5.74, 6) is 0. The van der Waals surface area contributed by atoms with Crippen LogP contribution in [-0.2, 0) is 6.54 Å². The molecule has 0 aromatic heterocycles. The highest BCUT2D eigenvalue weighted by atomic mass is 35.5. The lowest BCUT2D eigenvalue weighted by Gasteiger charge is -2.30. The minimum atomic E-state index is -0.438. The predicted molar refractivity (Wildman–Crippen MR) is 70.6 cm³/mol. The van der Waals surface area contributed by atoms with Crippen molar-refractivity contribution >= 4 is 17.3 Å². The van der Waals surface area contributed by atoms with Crippen molar-refractivity contribution in [3.8, 4) is 0 Å². The van der Waals surface area contributed by atoms with E-state index in [0.29, 0.717) is 11.6 Å². The number of rotatable bonds is 3. The summed E-state index contributed by atoms with van der Waals surface area (Å²) in [6.45, 7) is 2.55. The van der Waals surface area contributed by atoms with Gasteiger partial charge in [0.05, 0.1) is 9.95 Å². The monoisotopic (exact) mass is 269 g/mol. The molecule has 0 saturated carbocycles. The molecule has 0 bridgehead atoms. The zero-order valence-electron chi connectivity index (χ0n) is 10.0. The first kappa shape index (κ1) is 13.3. The fourth-order valence-electron chi connectivity index (χ4n) is 2.25. The first-order valence-corrected chi connectivity index (χ1v) is 6.35. The summed E-state index contributed by atoms with van der Waals surface area (Å²) >= 11 is 6.07. The van der Waals surface area contributed by atoms with Gasteiger partial charge in [0, 0.05) is 31.3 Å². The molecule has 0 aliphatic carbocycles. The van der Waals surface area contributed by atoms with Crippen LogP contribution < -0.4 is 5.73 Å². The SMILES string of the molecule is NC1CCCN(Cc2ccc([N+](=O)[O-])cc2Cl)C1. The van der Waals surface area contributed by atoms with Gasteiger partial charge in [-0.2, -0.15) is 0 Å². The van der Waals surface area contributed by atoms with Crippen LogP contribution in [0.15, 0.2) is 18.2 Å².